The van der Waals surface area contributed by atoms with Crippen molar-refractivity contribution in [1.29, 1.82) is 0 Å². The molecule has 1 nitrogen and oxygen atoms in total. The van der Waals surface area contributed by atoms with Crippen molar-refractivity contribution >= 4 is 41.2 Å². The highest BCUT2D eigenvalue weighted by Crippen LogP contribution is 2.33. The Bertz CT molecular complexity index is 268. The quantitative estimate of drug-likeness (QED) is 0.575. The van der Waals surface area contributed by atoms with Gasteiger partial charge in [-0.1, -0.05) is 29.3 Å². The average Bonchev–Trinajstić information content (AvgIpc) is 2.04. The van der Waals surface area contributed by atoms with Crippen LogP contribution in [0.15, 0.2) is 23.1 Å². The zero-order valence-electron chi connectivity index (χ0n) is 6.09. The van der Waals surface area contributed by atoms with E-state index in [1.54, 1.807) is 18.2 Å². The van der Waals surface area contributed by atoms with Crippen molar-refractivity contribution in [3.63, 3.8) is 0 Å². The molecule has 1 aromatic carbocycles. The molecule has 0 fully saturated rings. The van der Waals surface area contributed by atoms with Crippen LogP contribution in [0.5, 0.6) is 0 Å². The number of carbonyl (C=O) groups is 1. The molecular weight excluding hydrogens is 215 g/mol. The van der Waals surface area contributed by atoms with E-state index in [-0.39, 0.29) is 0 Å². The Morgan fingerprint density at radius 1 is 1.33 bits per heavy atom. The van der Waals surface area contributed by atoms with Gasteiger partial charge in [0, 0.05) is 4.90 Å². The van der Waals surface area contributed by atoms with Crippen LogP contribution in [-0.4, -0.2) is 12.0 Å². The van der Waals surface area contributed by atoms with E-state index in [0.29, 0.717) is 15.8 Å². The van der Waals surface area contributed by atoms with Gasteiger partial charge in [-0.25, -0.2) is 0 Å². The number of hydrogen-bond acceptors (Lipinski definition) is 2. The fourth-order valence-electron chi connectivity index (χ4n) is 0.738. The van der Waals surface area contributed by atoms with E-state index in [1.807, 2.05) is 0 Å². The second-order valence-electron chi connectivity index (χ2n) is 2.03. The largest absolute Gasteiger partial charge is 0.302 e. The van der Waals surface area contributed by atoms with Gasteiger partial charge < -0.3 is 4.79 Å². The lowest BCUT2D eigenvalue weighted by atomic mass is 10.4. The lowest BCUT2D eigenvalue weighted by molar-refractivity contribution is -0.105. The molecule has 0 bridgehead atoms. The maximum absolute atomic E-state index is 10.1. The van der Waals surface area contributed by atoms with Crippen LogP contribution >= 0.6 is 35.0 Å². The second-order valence-corrected chi connectivity index (χ2v) is 3.87. The molecule has 1 aromatic rings. The number of aldehydes is 1. The van der Waals surface area contributed by atoms with Gasteiger partial charge in [0.2, 0.25) is 0 Å². The van der Waals surface area contributed by atoms with E-state index in [1.165, 1.54) is 11.8 Å². The summed E-state index contributed by atoms with van der Waals surface area (Å²) < 4.78 is 0. The first-order valence-corrected chi connectivity index (χ1v) is 5.00. The van der Waals surface area contributed by atoms with Gasteiger partial charge in [0.1, 0.15) is 6.29 Å². The van der Waals surface area contributed by atoms with Crippen LogP contribution in [0, 0.1) is 0 Å². The van der Waals surface area contributed by atoms with Crippen molar-refractivity contribution in [2.75, 3.05) is 5.75 Å². The topological polar surface area (TPSA) is 17.1 Å². The van der Waals surface area contributed by atoms with Crippen molar-refractivity contribution in [3.8, 4) is 0 Å². The minimum absolute atomic E-state index is 0.378. The summed E-state index contributed by atoms with van der Waals surface area (Å²) in [6, 6.07) is 5.27. The standard InChI is InChI=1S/C8H6Cl2OS/c9-6-2-1-3-7(10)8(6)12-5-4-11/h1-4H,5H2. The highest BCUT2D eigenvalue weighted by Gasteiger charge is 2.04. The lowest BCUT2D eigenvalue weighted by Gasteiger charge is -2.02. The van der Waals surface area contributed by atoms with Crippen LogP contribution in [0.1, 0.15) is 0 Å². The summed E-state index contributed by atoms with van der Waals surface area (Å²) in [7, 11) is 0. The number of hydrogen-bond donors (Lipinski definition) is 0. The SMILES string of the molecule is O=CCSc1c(Cl)cccc1Cl. The molecule has 0 saturated carbocycles. The number of halogens is 2. The summed E-state index contributed by atoms with van der Waals surface area (Å²) in [4.78, 5) is 10.9. The molecule has 0 aliphatic carbocycles. The summed E-state index contributed by atoms with van der Waals surface area (Å²) >= 11 is 13.0. The Kier molecular flexibility index (Phi) is 3.92. The van der Waals surface area contributed by atoms with Crippen molar-refractivity contribution in [1.82, 2.24) is 0 Å². The molecule has 64 valence electrons. The molecule has 0 aromatic heterocycles. The van der Waals surface area contributed by atoms with Crippen LogP contribution in [0.4, 0.5) is 0 Å². The Morgan fingerprint density at radius 3 is 2.42 bits per heavy atom. The molecule has 0 aliphatic heterocycles. The molecule has 0 radical (unpaired) electrons. The zero-order chi connectivity index (χ0) is 8.97. The van der Waals surface area contributed by atoms with Gasteiger partial charge in [-0.3, -0.25) is 0 Å². The number of carbonyl (C=O) groups excluding carboxylic acids is 1. The highest BCUT2D eigenvalue weighted by molar-refractivity contribution is 8.00. The highest BCUT2D eigenvalue weighted by atomic mass is 35.5. The average molecular weight is 221 g/mol. The number of thioether (sulfide) groups is 1. The molecule has 0 amide bonds. The first-order chi connectivity index (χ1) is 5.75. The molecular formula is C8H6Cl2OS. The maximum atomic E-state index is 10.1. The van der Waals surface area contributed by atoms with Crippen molar-refractivity contribution < 1.29 is 4.79 Å². The molecule has 0 heterocycles. The molecule has 0 N–H and O–H groups in total. The minimum Gasteiger partial charge on any atom is -0.302 e. The van der Waals surface area contributed by atoms with E-state index < -0.39 is 0 Å². The third-order valence-corrected chi connectivity index (χ3v) is 3.10. The van der Waals surface area contributed by atoms with Gasteiger partial charge in [-0.05, 0) is 12.1 Å². The van der Waals surface area contributed by atoms with Crippen molar-refractivity contribution in [3.05, 3.63) is 28.2 Å². The molecule has 12 heavy (non-hydrogen) atoms. The van der Waals surface area contributed by atoms with Crippen molar-refractivity contribution in [2.24, 2.45) is 0 Å². The molecule has 0 spiro atoms. The Balaban J connectivity index is 2.88. The van der Waals surface area contributed by atoms with E-state index in [9.17, 15) is 4.79 Å². The fraction of sp³-hybridized carbons (Fsp3) is 0.125. The van der Waals surface area contributed by atoms with Gasteiger partial charge in [0.25, 0.3) is 0 Å². The minimum atomic E-state index is 0.378. The Labute approximate surface area is 85.1 Å². The van der Waals surface area contributed by atoms with Crippen LogP contribution < -0.4 is 0 Å². The third-order valence-electron chi connectivity index (χ3n) is 1.21. The Morgan fingerprint density at radius 2 is 1.92 bits per heavy atom. The third kappa shape index (κ3) is 2.41. The van der Waals surface area contributed by atoms with Crippen LogP contribution in [0.25, 0.3) is 0 Å². The van der Waals surface area contributed by atoms with E-state index in [4.69, 9.17) is 23.2 Å². The summed E-state index contributed by atoms with van der Waals surface area (Å²) in [5, 5.41) is 1.18. The lowest BCUT2D eigenvalue weighted by Crippen LogP contribution is -1.81. The zero-order valence-corrected chi connectivity index (χ0v) is 8.42. The predicted octanol–water partition coefficient (Wildman–Crippen LogP) is 3.28. The van der Waals surface area contributed by atoms with Crippen LogP contribution in [0.2, 0.25) is 10.0 Å². The Hall–Kier alpha value is -0.180. The molecule has 0 atom stereocenters. The van der Waals surface area contributed by atoms with E-state index in [0.717, 1.165) is 11.2 Å². The van der Waals surface area contributed by atoms with Crippen LogP contribution in [-0.2, 0) is 4.79 Å². The van der Waals surface area contributed by atoms with Crippen molar-refractivity contribution in [2.45, 2.75) is 4.90 Å². The summed E-state index contributed by atoms with van der Waals surface area (Å²) in [5.41, 5.74) is 0. The normalized spacial score (nSPS) is 9.83. The first kappa shape index (κ1) is 9.90. The van der Waals surface area contributed by atoms with Crippen LogP contribution in [0.3, 0.4) is 0 Å². The van der Waals surface area contributed by atoms with Gasteiger partial charge in [-0.15, -0.1) is 11.8 Å². The second kappa shape index (κ2) is 4.75. The predicted molar refractivity (Wildman–Crippen MR) is 53.3 cm³/mol. The fourth-order valence-corrected chi connectivity index (χ4v) is 2.11. The molecule has 4 heteroatoms. The van der Waals surface area contributed by atoms with E-state index >= 15 is 0 Å². The van der Waals surface area contributed by atoms with Gasteiger partial charge in [0.15, 0.2) is 0 Å². The van der Waals surface area contributed by atoms with Gasteiger partial charge in [0.05, 0.1) is 15.8 Å². The number of benzene rings is 1. The molecule has 0 aliphatic rings. The smallest absolute Gasteiger partial charge is 0.130 e. The summed E-state index contributed by atoms with van der Waals surface area (Å²) in [6.45, 7) is 0. The summed E-state index contributed by atoms with van der Waals surface area (Å²) in [6.07, 6.45) is 0.824. The first-order valence-electron chi connectivity index (χ1n) is 3.26. The number of rotatable bonds is 3. The van der Waals surface area contributed by atoms with Gasteiger partial charge >= 0.3 is 0 Å². The monoisotopic (exact) mass is 220 g/mol. The molecule has 0 saturated heterocycles. The maximum Gasteiger partial charge on any atom is 0.130 e. The summed E-state index contributed by atoms with van der Waals surface area (Å²) in [5.74, 6) is 0.378. The molecule has 1 rings (SSSR count). The van der Waals surface area contributed by atoms with Gasteiger partial charge in [-0.2, -0.15) is 0 Å². The van der Waals surface area contributed by atoms with E-state index in [2.05, 4.69) is 0 Å². The molecule has 0 unspecified atom stereocenters.